The maximum atomic E-state index is 13.1. The molecule has 1 heterocycles. The SMILES string of the molecule is CN=C1NC(=O)C(c2ccc(F)c(C)c2)N1. The lowest BCUT2D eigenvalue weighted by atomic mass is 10.0. The molecule has 0 saturated carbocycles. The van der Waals surface area contributed by atoms with Crippen LogP contribution in [-0.2, 0) is 4.79 Å². The van der Waals surface area contributed by atoms with Crippen molar-refractivity contribution < 1.29 is 9.18 Å². The first kappa shape index (κ1) is 10.6. The van der Waals surface area contributed by atoms with Gasteiger partial charge in [-0.1, -0.05) is 12.1 Å². The molecule has 1 amide bonds. The van der Waals surface area contributed by atoms with Crippen LogP contribution in [0.1, 0.15) is 17.2 Å². The van der Waals surface area contributed by atoms with Gasteiger partial charge in [-0.25, -0.2) is 4.39 Å². The van der Waals surface area contributed by atoms with E-state index >= 15 is 0 Å². The number of amides is 1. The molecule has 0 bridgehead atoms. The standard InChI is InChI=1S/C11H12FN3O/c1-6-5-7(3-4-8(6)12)9-10(16)15-11(13-2)14-9/h3-5,9H,1-2H3,(H2,13,14,15,16). The van der Waals surface area contributed by atoms with Crippen LogP contribution in [0.5, 0.6) is 0 Å². The van der Waals surface area contributed by atoms with Crippen molar-refractivity contribution in [3.63, 3.8) is 0 Å². The summed E-state index contributed by atoms with van der Waals surface area (Å²) in [6.07, 6.45) is 0. The van der Waals surface area contributed by atoms with Crippen LogP contribution >= 0.6 is 0 Å². The number of benzene rings is 1. The Hall–Kier alpha value is -1.91. The van der Waals surface area contributed by atoms with E-state index in [0.29, 0.717) is 11.5 Å². The molecule has 2 rings (SSSR count). The van der Waals surface area contributed by atoms with E-state index in [0.717, 1.165) is 5.56 Å². The molecule has 0 aromatic heterocycles. The van der Waals surface area contributed by atoms with E-state index in [4.69, 9.17) is 0 Å². The molecule has 0 spiro atoms. The second-order valence-corrected chi connectivity index (χ2v) is 3.65. The van der Waals surface area contributed by atoms with Crippen molar-refractivity contribution in [1.82, 2.24) is 10.6 Å². The normalized spacial score (nSPS) is 22.1. The summed E-state index contributed by atoms with van der Waals surface area (Å²) in [4.78, 5) is 15.4. The highest BCUT2D eigenvalue weighted by atomic mass is 19.1. The van der Waals surface area contributed by atoms with E-state index in [1.54, 1.807) is 26.1 Å². The number of hydrogen-bond acceptors (Lipinski definition) is 2. The molecule has 1 unspecified atom stereocenters. The predicted molar refractivity (Wildman–Crippen MR) is 58.5 cm³/mol. The first-order valence-electron chi connectivity index (χ1n) is 4.92. The van der Waals surface area contributed by atoms with Crippen LogP contribution in [0.2, 0.25) is 0 Å². The minimum absolute atomic E-state index is 0.174. The number of carbonyl (C=O) groups is 1. The van der Waals surface area contributed by atoms with Gasteiger partial charge in [0.15, 0.2) is 5.96 Å². The lowest BCUT2D eigenvalue weighted by molar-refractivity contribution is -0.120. The Kier molecular flexibility index (Phi) is 2.60. The first-order valence-corrected chi connectivity index (χ1v) is 4.92. The van der Waals surface area contributed by atoms with Crippen LogP contribution < -0.4 is 10.6 Å². The van der Waals surface area contributed by atoms with Gasteiger partial charge in [-0.05, 0) is 24.1 Å². The lowest BCUT2D eigenvalue weighted by Crippen LogP contribution is -2.24. The highest BCUT2D eigenvalue weighted by molar-refractivity contribution is 6.06. The number of halogens is 1. The average Bonchev–Trinajstić information content (AvgIpc) is 2.64. The summed E-state index contributed by atoms with van der Waals surface area (Å²) in [5, 5.41) is 5.51. The number of guanidine groups is 1. The van der Waals surface area contributed by atoms with E-state index in [1.807, 2.05) is 0 Å². The molecule has 1 fully saturated rings. The fourth-order valence-electron chi connectivity index (χ4n) is 1.63. The van der Waals surface area contributed by atoms with E-state index in [2.05, 4.69) is 15.6 Å². The quantitative estimate of drug-likeness (QED) is 0.739. The molecule has 2 N–H and O–H groups in total. The number of nitrogens with one attached hydrogen (secondary N) is 2. The molecule has 5 heteroatoms. The van der Waals surface area contributed by atoms with Gasteiger partial charge in [0.25, 0.3) is 5.91 Å². The van der Waals surface area contributed by atoms with Crippen LogP contribution in [0, 0.1) is 12.7 Å². The Morgan fingerprint density at radius 1 is 1.44 bits per heavy atom. The monoisotopic (exact) mass is 221 g/mol. The number of aryl methyl sites for hydroxylation is 1. The zero-order valence-corrected chi connectivity index (χ0v) is 9.04. The lowest BCUT2D eigenvalue weighted by Gasteiger charge is -2.09. The molecule has 1 atom stereocenters. The molecular weight excluding hydrogens is 209 g/mol. The van der Waals surface area contributed by atoms with Crippen molar-refractivity contribution in [3.8, 4) is 0 Å². The maximum absolute atomic E-state index is 13.1. The van der Waals surface area contributed by atoms with E-state index in [9.17, 15) is 9.18 Å². The topological polar surface area (TPSA) is 53.5 Å². The molecular formula is C11H12FN3O. The second-order valence-electron chi connectivity index (χ2n) is 3.65. The largest absolute Gasteiger partial charge is 0.340 e. The summed E-state index contributed by atoms with van der Waals surface area (Å²) in [6, 6.07) is 4.13. The van der Waals surface area contributed by atoms with Crippen molar-refractivity contribution >= 4 is 11.9 Å². The first-order chi connectivity index (χ1) is 7.61. The summed E-state index contributed by atoms with van der Waals surface area (Å²) in [6.45, 7) is 1.67. The smallest absolute Gasteiger partial charge is 0.253 e. The van der Waals surface area contributed by atoms with Gasteiger partial charge in [-0.2, -0.15) is 0 Å². The fraction of sp³-hybridized carbons (Fsp3) is 0.273. The van der Waals surface area contributed by atoms with Crippen molar-refractivity contribution in [2.45, 2.75) is 13.0 Å². The third kappa shape index (κ3) is 1.76. The Morgan fingerprint density at radius 3 is 2.75 bits per heavy atom. The van der Waals surface area contributed by atoms with Crippen LogP contribution in [0.25, 0.3) is 0 Å². The number of nitrogens with zero attached hydrogens (tertiary/aromatic N) is 1. The van der Waals surface area contributed by atoms with Gasteiger partial charge in [0.2, 0.25) is 0 Å². The van der Waals surface area contributed by atoms with Crippen molar-refractivity contribution in [2.75, 3.05) is 7.05 Å². The van der Waals surface area contributed by atoms with Crippen LogP contribution in [0.15, 0.2) is 23.2 Å². The molecule has 1 aromatic carbocycles. The predicted octanol–water partition coefficient (Wildman–Crippen LogP) is 0.880. The summed E-state index contributed by atoms with van der Waals surface area (Å²) in [5.74, 6) is -0.00452. The fourth-order valence-corrected chi connectivity index (χ4v) is 1.63. The number of hydrogen-bond donors (Lipinski definition) is 2. The van der Waals surface area contributed by atoms with E-state index < -0.39 is 6.04 Å². The van der Waals surface area contributed by atoms with Gasteiger partial charge in [0.05, 0.1) is 0 Å². The zero-order valence-electron chi connectivity index (χ0n) is 9.04. The number of aliphatic imine (C=N–C) groups is 1. The van der Waals surface area contributed by atoms with Gasteiger partial charge in [0.1, 0.15) is 11.9 Å². The molecule has 1 saturated heterocycles. The zero-order chi connectivity index (χ0) is 11.7. The Balaban J connectivity index is 2.31. The molecule has 0 radical (unpaired) electrons. The summed E-state index contributed by atoms with van der Waals surface area (Å²) in [5.41, 5.74) is 1.25. The molecule has 1 aromatic rings. The summed E-state index contributed by atoms with van der Waals surface area (Å²) in [7, 11) is 1.58. The number of rotatable bonds is 1. The minimum Gasteiger partial charge on any atom is -0.340 e. The summed E-state index contributed by atoms with van der Waals surface area (Å²) >= 11 is 0. The highest BCUT2D eigenvalue weighted by Gasteiger charge is 2.29. The van der Waals surface area contributed by atoms with Crippen LogP contribution in [0.4, 0.5) is 4.39 Å². The second kappa shape index (κ2) is 3.92. The minimum atomic E-state index is -0.488. The summed E-state index contributed by atoms with van der Waals surface area (Å²) < 4.78 is 13.1. The maximum Gasteiger partial charge on any atom is 0.253 e. The van der Waals surface area contributed by atoms with E-state index in [-0.39, 0.29) is 11.7 Å². The third-order valence-electron chi connectivity index (χ3n) is 2.52. The molecule has 4 nitrogen and oxygen atoms in total. The molecule has 1 aliphatic heterocycles. The highest BCUT2D eigenvalue weighted by Crippen LogP contribution is 2.19. The van der Waals surface area contributed by atoms with Gasteiger partial charge in [0, 0.05) is 7.05 Å². The number of carbonyl (C=O) groups excluding carboxylic acids is 1. The Bertz CT molecular complexity index is 470. The molecule has 84 valence electrons. The van der Waals surface area contributed by atoms with Crippen molar-refractivity contribution in [1.29, 1.82) is 0 Å². The van der Waals surface area contributed by atoms with Crippen LogP contribution in [-0.4, -0.2) is 18.9 Å². The Morgan fingerprint density at radius 2 is 2.19 bits per heavy atom. The van der Waals surface area contributed by atoms with E-state index in [1.165, 1.54) is 6.07 Å². The molecule has 16 heavy (non-hydrogen) atoms. The Labute approximate surface area is 92.6 Å². The van der Waals surface area contributed by atoms with Gasteiger partial charge < -0.3 is 5.32 Å². The van der Waals surface area contributed by atoms with Gasteiger partial charge >= 0.3 is 0 Å². The molecule has 0 aliphatic carbocycles. The molecule has 1 aliphatic rings. The van der Waals surface area contributed by atoms with Crippen molar-refractivity contribution in [2.24, 2.45) is 4.99 Å². The third-order valence-corrected chi connectivity index (χ3v) is 2.52. The van der Waals surface area contributed by atoms with Gasteiger partial charge in [-0.3, -0.25) is 15.1 Å². The van der Waals surface area contributed by atoms with Crippen LogP contribution in [0.3, 0.4) is 0 Å². The van der Waals surface area contributed by atoms with Gasteiger partial charge in [-0.15, -0.1) is 0 Å². The average molecular weight is 221 g/mol. The van der Waals surface area contributed by atoms with Crippen molar-refractivity contribution in [3.05, 3.63) is 35.1 Å².